The smallest absolute Gasteiger partial charge is 0.222 e. The number of aliphatic hydroxyl groups excluding tert-OH is 1. The van der Waals surface area contributed by atoms with Crippen molar-refractivity contribution in [1.82, 2.24) is 5.32 Å². The minimum absolute atomic E-state index is 0.117. The van der Waals surface area contributed by atoms with Gasteiger partial charge in [0, 0.05) is 19.6 Å². The van der Waals surface area contributed by atoms with Crippen molar-refractivity contribution in [2.75, 3.05) is 26.4 Å². The Morgan fingerprint density at radius 2 is 1.79 bits per heavy atom. The predicted octanol–water partition coefficient (Wildman–Crippen LogP) is 1.49. The molecule has 0 fully saturated rings. The van der Waals surface area contributed by atoms with Crippen molar-refractivity contribution in [3.8, 4) is 0 Å². The average Bonchev–Trinajstić information content (AvgIpc) is 2.27. The molecule has 0 aromatic carbocycles. The highest BCUT2D eigenvalue weighted by Gasteiger charge is 2.25. The van der Waals surface area contributed by atoms with Gasteiger partial charge in [0.05, 0.1) is 24.4 Å². The van der Waals surface area contributed by atoms with Crippen molar-refractivity contribution in [2.45, 2.75) is 58.7 Å². The van der Waals surface area contributed by atoms with Crippen molar-refractivity contribution >= 4 is 5.91 Å². The van der Waals surface area contributed by atoms with E-state index in [0.717, 1.165) is 0 Å². The SMILES string of the molecule is CCOC(C)(C)COC(C)(C)CCNC(=O)CCO. The molecule has 5 nitrogen and oxygen atoms in total. The third-order valence-electron chi connectivity index (χ3n) is 2.73. The summed E-state index contributed by atoms with van der Waals surface area (Å²) < 4.78 is 11.4. The lowest BCUT2D eigenvalue weighted by molar-refractivity contribution is -0.125. The van der Waals surface area contributed by atoms with Crippen molar-refractivity contribution < 1.29 is 19.4 Å². The summed E-state index contributed by atoms with van der Waals surface area (Å²) in [4.78, 5) is 11.2. The first-order chi connectivity index (χ1) is 8.72. The predicted molar refractivity (Wildman–Crippen MR) is 75.1 cm³/mol. The summed E-state index contributed by atoms with van der Waals surface area (Å²) in [5.74, 6) is -0.132. The number of hydrogen-bond acceptors (Lipinski definition) is 4. The second-order valence-corrected chi connectivity index (χ2v) is 5.81. The Kier molecular flexibility index (Phi) is 8.22. The van der Waals surface area contributed by atoms with E-state index in [-0.39, 0.29) is 30.1 Å². The number of amides is 1. The fourth-order valence-electron chi connectivity index (χ4n) is 1.57. The van der Waals surface area contributed by atoms with Gasteiger partial charge in [-0.1, -0.05) is 0 Å². The molecule has 0 atom stereocenters. The highest BCUT2D eigenvalue weighted by Crippen LogP contribution is 2.18. The van der Waals surface area contributed by atoms with E-state index < -0.39 is 0 Å². The van der Waals surface area contributed by atoms with E-state index in [4.69, 9.17) is 14.6 Å². The molecule has 0 spiro atoms. The van der Waals surface area contributed by atoms with Crippen LogP contribution < -0.4 is 5.32 Å². The molecule has 114 valence electrons. The molecule has 2 N–H and O–H groups in total. The van der Waals surface area contributed by atoms with Crippen LogP contribution in [0.25, 0.3) is 0 Å². The van der Waals surface area contributed by atoms with Crippen molar-refractivity contribution in [1.29, 1.82) is 0 Å². The van der Waals surface area contributed by atoms with Crippen LogP contribution in [0.5, 0.6) is 0 Å². The van der Waals surface area contributed by atoms with Crippen LogP contribution in [0.3, 0.4) is 0 Å². The molecule has 0 aromatic rings. The van der Waals surface area contributed by atoms with E-state index in [1.165, 1.54) is 0 Å². The standard InChI is InChI=1S/C14H29NO4/c1-6-18-14(4,5)11-19-13(2,3)8-9-15-12(17)7-10-16/h16H,6-11H2,1-5H3,(H,15,17). The highest BCUT2D eigenvalue weighted by molar-refractivity contribution is 5.75. The minimum atomic E-state index is -0.319. The van der Waals surface area contributed by atoms with Crippen molar-refractivity contribution in [3.05, 3.63) is 0 Å². The van der Waals surface area contributed by atoms with Crippen LogP contribution in [0.15, 0.2) is 0 Å². The third kappa shape index (κ3) is 9.87. The van der Waals surface area contributed by atoms with Crippen LogP contribution in [0, 0.1) is 0 Å². The maximum Gasteiger partial charge on any atom is 0.222 e. The molecule has 1 amide bonds. The number of aliphatic hydroxyl groups is 1. The molecule has 0 aliphatic carbocycles. The van der Waals surface area contributed by atoms with Crippen LogP contribution >= 0.6 is 0 Å². The van der Waals surface area contributed by atoms with Crippen molar-refractivity contribution in [3.63, 3.8) is 0 Å². The Hall–Kier alpha value is -0.650. The summed E-state index contributed by atoms with van der Waals surface area (Å²) in [5, 5.41) is 11.4. The number of carbonyl (C=O) groups is 1. The molecule has 0 heterocycles. The zero-order chi connectivity index (χ0) is 14.9. The average molecular weight is 275 g/mol. The summed E-state index contributed by atoms with van der Waals surface area (Å²) in [7, 11) is 0. The summed E-state index contributed by atoms with van der Waals surface area (Å²) in [6, 6.07) is 0. The van der Waals surface area contributed by atoms with Crippen LogP contribution in [0.1, 0.15) is 47.5 Å². The van der Waals surface area contributed by atoms with E-state index in [1.54, 1.807) is 0 Å². The minimum Gasteiger partial charge on any atom is -0.396 e. The molecule has 19 heavy (non-hydrogen) atoms. The van der Waals surface area contributed by atoms with Crippen LogP contribution in [0.4, 0.5) is 0 Å². The third-order valence-corrected chi connectivity index (χ3v) is 2.73. The fraction of sp³-hybridized carbons (Fsp3) is 0.929. The van der Waals surface area contributed by atoms with Gasteiger partial charge in [-0.2, -0.15) is 0 Å². The number of carbonyl (C=O) groups excluding carboxylic acids is 1. The molecule has 0 aliphatic rings. The normalized spacial score (nSPS) is 12.5. The second kappa shape index (κ2) is 8.51. The lowest BCUT2D eigenvalue weighted by Crippen LogP contribution is -2.38. The maximum absolute atomic E-state index is 11.2. The van der Waals surface area contributed by atoms with Gasteiger partial charge in [0.25, 0.3) is 0 Å². The summed E-state index contributed by atoms with van der Waals surface area (Å²) in [5.41, 5.74) is -0.618. The van der Waals surface area contributed by atoms with Gasteiger partial charge in [0.15, 0.2) is 0 Å². The fourth-order valence-corrected chi connectivity index (χ4v) is 1.57. The van der Waals surface area contributed by atoms with Gasteiger partial charge in [-0.3, -0.25) is 4.79 Å². The molecule has 0 aliphatic heterocycles. The Morgan fingerprint density at radius 3 is 2.32 bits per heavy atom. The lowest BCUT2D eigenvalue weighted by atomic mass is 10.0. The van der Waals surface area contributed by atoms with Crippen LogP contribution in [-0.2, 0) is 14.3 Å². The Balaban J connectivity index is 3.95. The van der Waals surface area contributed by atoms with Gasteiger partial charge in [-0.25, -0.2) is 0 Å². The second-order valence-electron chi connectivity index (χ2n) is 5.81. The molecular weight excluding hydrogens is 246 g/mol. The van der Waals surface area contributed by atoms with E-state index in [0.29, 0.717) is 26.2 Å². The van der Waals surface area contributed by atoms with Gasteiger partial charge < -0.3 is 19.9 Å². The number of hydrogen-bond donors (Lipinski definition) is 2. The van der Waals surface area contributed by atoms with Crippen LogP contribution in [-0.4, -0.2) is 48.6 Å². The van der Waals surface area contributed by atoms with Gasteiger partial charge >= 0.3 is 0 Å². The molecular formula is C14H29NO4. The molecule has 0 radical (unpaired) electrons. The first-order valence-corrected chi connectivity index (χ1v) is 6.88. The quantitative estimate of drug-likeness (QED) is 0.634. The highest BCUT2D eigenvalue weighted by atomic mass is 16.6. The largest absolute Gasteiger partial charge is 0.396 e. The Bertz CT molecular complexity index is 264. The molecule has 0 aromatic heterocycles. The van der Waals surface area contributed by atoms with E-state index in [2.05, 4.69) is 5.32 Å². The van der Waals surface area contributed by atoms with Gasteiger partial charge in [0.1, 0.15) is 0 Å². The Morgan fingerprint density at radius 1 is 1.16 bits per heavy atom. The zero-order valence-corrected chi connectivity index (χ0v) is 12.9. The van der Waals surface area contributed by atoms with Crippen molar-refractivity contribution in [2.24, 2.45) is 0 Å². The van der Waals surface area contributed by atoms with Gasteiger partial charge in [-0.05, 0) is 41.0 Å². The van der Waals surface area contributed by atoms with Crippen LogP contribution in [0.2, 0.25) is 0 Å². The molecule has 0 unspecified atom stereocenters. The summed E-state index contributed by atoms with van der Waals surface area (Å²) >= 11 is 0. The van der Waals surface area contributed by atoms with E-state index in [1.807, 2.05) is 34.6 Å². The zero-order valence-electron chi connectivity index (χ0n) is 12.9. The van der Waals surface area contributed by atoms with Gasteiger partial charge in [-0.15, -0.1) is 0 Å². The lowest BCUT2D eigenvalue weighted by Gasteiger charge is -2.32. The monoisotopic (exact) mass is 275 g/mol. The summed E-state index contributed by atoms with van der Waals surface area (Å²) in [6.07, 6.45) is 0.866. The number of nitrogens with one attached hydrogen (secondary N) is 1. The van der Waals surface area contributed by atoms with E-state index in [9.17, 15) is 4.79 Å². The molecule has 0 bridgehead atoms. The molecule has 0 saturated heterocycles. The maximum atomic E-state index is 11.2. The first kappa shape index (κ1) is 18.4. The molecule has 5 heteroatoms. The first-order valence-electron chi connectivity index (χ1n) is 6.88. The summed E-state index contributed by atoms with van der Waals surface area (Å²) in [6.45, 7) is 11.5. The molecule has 0 rings (SSSR count). The van der Waals surface area contributed by atoms with Gasteiger partial charge in [0.2, 0.25) is 5.91 Å². The number of ether oxygens (including phenoxy) is 2. The topological polar surface area (TPSA) is 67.8 Å². The Labute approximate surface area is 116 Å². The molecule has 0 saturated carbocycles. The van der Waals surface area contributed by atoms with E-state index >= 15 is 0 Å². The number of rotatable bonds is 10.